The summed E-state index contributed by atoms with van der Waals surface area (Å²) >= 11 is 11.8. The molecule has 14 heavy (non-hydrogen) atoms. The molecule has 0 aromatic rings. The van der Waals surface area contributed by atoms with Gasteiger partial charge in [0.15, 0.2) is 0 Å². The van der Waals surface area contributed by atoms with Crippen LogP contribution in [0, 0.1) is 11.8 Å². The zero-order valence-corrected chi connectivity index (χ0v) is 10.1. The normalized spacial score (nSPS) is 25.9. The molecule has 1 nitrogen and oxygen atoms in total. The predicted molar refractivity (Wildman–Crippen MR) is 62.2 cm³/mol. The summed E-state index contributed by atoms with van der Waals surface area (Å²) in [5.74, 6) is 2.79. The summed E-state index contributed by atoms with van der Waals surface area (Å²) in [5.41, 5.74) is 0. The highest BCUT2D eigenvalue weighted by molar-refractivity contribution is 6.20. The van der Waals surface area contributed by atoms with E-state index >= 15 is 0 Å². The van der Waals surface area contributed by atoms with Gasteiger partial charge in [-0.15, -0.1) is 23.2 Å². The summed E-state index contributed by atoms with van der Waals surface area (Å²) in [7, 11) is 0. The van der Waals surface area contributed by atoms with Crippen molar-refractivity contribution in [2.24, 2.45) is 11.8 Å². The summed E-state index contributed by atoms with van der Waals surface area (Å²) in [6.07, 6.45) is 5.47. The van der Waals surface area contributed by atoms with Gasteiger partial charge >= 0.3 is 0 Å². The maximum atomic E-state index is 5.91. The minimum atomic E-state index is 0.541. The third-order valence-electron chi connectivity index (χ3n) is 3.70. The number of halogens is 2. The molecule has 3 heteroatoms. The fraction of sp³-hybridized carbons (Fsp3) is 1.00. The molecule has 0 aromatic heterocycles. The second-order valence-electron chi connectivity index (χ2n) is 4.67. The van der Waals surface area contributed by atoms with Crippen LogP contribution in [-0.4, -0.2) is 35.8 Å². The smallest absolute Gasteiger partial charge is 0.0265 e. The quantitative estimate of drug-likeness (QED) is 0.678. The average molecular weight is 236 g/mol. The zero-order chi connectivity index (χ0) is 9.97. The molecule has 82 valence electrons. The molecule has 0 spiro atoms. The van der Waals surface area contributed by atoms with Crippen LogP contribution in [-0.2, 0) is 0 Å². The van der Waals surface area contributed by atoms with Gasteiger partial charge in [-0.1, -0.05) is 0 Å². The summed E-state index contributed by atoms with van der Waals surface area (Å²) < 4.78 is 0. The van der Waals surface area contributed by atoms with E-state index < -0.39 is 0 Å². The number of hydrogen-bond donors (Lipinski definition) is 0. The Hall–Kier alpha value is 0.540. The molecular weight excluding hydrogens is 217 g/mol. The molecular formula is C11H19Cl2N. The Bertz CT molecular complexity index is 170. The van der Waals surface area contributed by atoms with Crippen molar-refractivity contribution in [3.05, 3.63) is 0 Å². The zero-order valence-electron chi connectivity index (χ0n) is 8.59. The lowest BCUT2D eigenvalue weighted by Gasteiger charge is -2.35. The number of hydrogen-bond acceptors (Lipinski definition) is 1. The van der Waals surface area contributed by atoms with Crippen LogP contribution in [0.2, 0.25) is 0 Å². The summed E-state index contributed by atoms with van der Waals surface area (Å²) in [6, 6.07) is 0.932. The topological polar surface area (TPSA) is 3.24 Å². The fourth-order valence-corrected chi connectivity index (χ4v) is 3.32. The molecule has 1 heterocycles. The van der Waals surface area contributed by atoms with Crippen LogP contribution in [0.4, 0.5) is 0 Å². The third kappa shape index (κ3) is 2.56. The van der Waals surface area contributed by atoms with Crippen LogP contribution in [0.1, 0.15) is 25.7 Å². The average Bonchev–Trinajstić information content (AvgIpc) is 3.04. The first-order valence-corrected chi connectivity index (χ1v) is 6.78. The van der Waals surface area contributed by atoms with Gasteiger partial charge in [0.2, 0.25) is 0 Å². The maximum absolute atomic E-state index is 5.91. The van der Waals surface area contributed by atoms with E-state index in [1.165, 1.54) is 38.8 Å². The molecule has 1 aliphatic carbocycles. The minimum Gasteiger partial charge on any atom is -0.300 e. The van der Waals surface area contributed by atoms with Crippen LogP contribution in [0.25, 0.3) is 0 Å². The molecule has 2 fully saturated rings. The lowest BCUT2D eigenvalue weighted by atomic mass is 9.86. The highest BCUT2D eigenvalue weighted by Crippen LogP contribution is 2.33. The second-order valence-corrected chi connectivity index (χ2v) is 5.29. The van der Waals surface area contributed by atoms with E-state index in [0.29, 0.717) is 5.92 Å². The number of nitrogens with zero attached hydrogens (tertiary/aromatic N) is 1. The SMILES string of the molecule is ClCC(CCl)C1CCN(C2CC2)CC1. The van der Waals surface area contributed by atoms with Crippen LogP contribution >= 0.6 is 23.2 Å². The van der Waals surface area contributed by atoms with Crippen molar-refractivity contribution in [3.8, 4) is 0 Å². The molecule has 0 atom stereocenters. The van der Waals surface area contributed by atoms with E-state index in [1.807, 2.05) is 0 Å². The van der Waals surface area contributed by atoms with E-state index in [2.05, 4.69) is 4.90 Å². The summed E-state index contributed by atoms with van der Waals surface area (Å²) in [4.78, 5) is 2.65. The lowest BCUT2D eigenvalue weighted by Crippen LogP contribution is -2.38. The first kappa shape index (κ1) is 11.0. The molecule has 0 unspecified atom stereocenters. The maximum Gasteiger partial charge on any atom is 0.0265 e. The van der Waals surface area contributed by atoms with Crippen molar-refractivity contribution in [3.63, 3.8) is 0 Å². The molecule has 0 radical (unpaired) electrons. The Morgan fingerprint density at radius 2 is 1.57 bits per heavy atom. The van der Waals surface area contributed by atoms with Gasteiger partial charge in [-0.25, -0.2) is 0 Å². The standard InChI is InChI=1S/C11H19Cl2N/c12-7-10(8-13)9-3-5-14(6-4-9)11-1-2-11/h9-11H,1-8H2. The monoisotopic (exact) mass is 235 g/mol. The van der Waals surface area contributed by atoms with Crippen LogP contribution in [0.3, 0.4) is 0 Å². The van der Waals surface area contributed by atoms with Gasteiger partial charge in [-0.2, -0.15) is 0 Å². The number of likely N-dealkylation sites (tertiary alicyclic amines) is 1. The van der Waals surface area contributed by atoms with Crippen molar-refractivity contribution >= 4 is 23.2 Å². The Morgan fingerprint density at radius 3 is 2.00 bits per heavy atom. The van der Waals surface area contributed by atoms with Gasteiger partial charge in [0.05, 0.1) is 0 Å². The molecule has 0 aromatic carbocycles. The molecule has 0 amide bonds. The van der Waals surface area contributed by atoms with Gasteiger partial charge in [-0.05, 0) is 50.6 Å². The summed E-state index contributed by atoms with van der Waals surface area (Å²) in [6.45, 7) is 2.55. The van der Waals surface area contributed by atoms with Gasteiger partial charge < -0.3 is 4.90 Å². The fourth-order valence-electron chi connectivity index (χ4n) is 2.49. The van der Waals surface area contributed by atoms with Crippen molar-refractivity contribution < 1.29 is 0 Å². The van der Waals surface area contributed by atoms with Crippen LogP contribution in [0.5, 0.6) is 0 Å². The van der Waals surface area contributed by atoms with Gasteiger partial charge in [0.25, 0.3) is 0 Å². The Morgan fingerprint density at radius 1 is 1.00 bits per heavy atom. The highest BCUT2D eigenvalue weighted by atomic mass is 35.5. The van der Waals surface area contributed by atoms with Gasteiger partial charge in [0.1, 0.15) is 0 Å². The first-order valence-electron chi connectivity index (χ1n) is 5.71. The molecule has 2 rings (SSSR count). The second kappa shape index (κ2) is 5.05. The molecule has 0 bridgehead atoms. The van der Waals surface area contributed by atoms with E-state index in [9.17, 15) is 0 Å². The highest BCUT2D eigenvalue weighted by Gasteiger charge is 2.33. The Labute approximate surface area is 96.7 Å². The van der Waals surface area contributed by atoms with E-state index in [0.717, 1.165) is 23.7 Å². The molecule has 2 aliphatic rings. The van der Waals surface area contributed by atoms with Crippen molar-refractivity contribution in [2.75, 3.05) is 24.8 Å². The third-order valence-corrected chi connectivity index (χ3v) is 4.49. The molecule has 1 saturated heterocycles. The van der Waals surface area contributed by atoms with Crippen molar-refractivity contribution in [1.29, 1.82) is 0 Å². The predicted octanol–water partition coefficient (Wildman–Crippen LogP) is 2.95. The van der Waals surface area contributed by atoms with E-state index in [-0.39, 0.29) is 0 Å². The van der Waals surface area contributed by atoms with Gasteiger partial charge in [-0.3, -0.25) is 0 Å². The largest absolute Gasteiger partial charge is 0.300 e. The molecule has 1 aliphatic heterocycles. The number of rotatable bonds is 4. The summed E-state index contributed by atoms with van der Waals surface area (Å²) in [5, 5.41) is 0. The van der Waals surface area contributed by atoms with Crippen molar-refractivity contribution in [1.82, 2.24) is 4.90 Å². The lowest BCUT2D eigenvalue weighted by molar-refractivity contribution is 0.153. The van der Waals surface area contributed by atoms with Crippen LogP contribution in [0.15, 0.2) is 0 Å². The Balaban J connectivity index is 1.76. The van der Waals surface area contributed by atoms with E-state index in [1.54, 1.807) is 0 Å². The van der Waals surface area contributed by atoms with Crippen molar-refractivity contribution in [2.45, 2.75) is 31.7 Å². The van der Waals surface area contributed by atoms with Crippen LogP contribution < -0.4 is 0 Å². The Kier molecular flexibility index (Phi) is 3.98. The first-order chi connectivity index (χ1) is 6.85. The van der Waals surface area contributed by atoms with Gasteiger partial charge in [0, 0.05) is 17.8 Å². The molecule has 1 saturated carbocycles. The molecule has 0 N–H and O–H groups in total. The minimum absolute atomic E-state index is 0.541. The number of alkyl halides is 2. The number of piperidine rings is 1. The van der Waals surface area contributed by atoms with E-state index in [4.69, 9.17) is 23.2 Å².